The summed E-state index contributed by atoms with van der Waals surface area (Å²) in [6.45, 7) is 0.221. The van der Waals surface area contributed by atoms with Crippen LogP contribution >= 0.6 is 15.9 Å². The summed E-state index contributed by atoms with van der Waals surface area (Å²) < 4.78 is 41.5. The third kappa shape index (κ3) is 4.43. The Hall–Kier alpha value is -3.08. The van der Waals surface area contributed by atoms with Crippen LogP contribution in [0.25, 0.3) is 16.6 Å². The third-order valence-corrected chi connectivity index (χ3v) is 6.81. The Kier molecular flexibility index (Phi) is 6.09. The first-order valence-corrected chi connectivity index (χ1v) is 11.8. The molecule has 4 aromatic rings. The maximum Gasteiger partial charge on any atom is 0.252 e. The van der Waals surface area contributed by atoms with E-state index in [1.807, 2.05) is 6.07 Å². The smallest absolute Gasteiger partial charge is 0.252 e. The van der Waals surface area contributed by atoms with Gasteiger partial charge in [-0.2, -0.15) is 5.10 Å². The summed E-state index contributed by atoms with van der Waals surface area (Å²) in [5.41, 5.74) is 2.54. The van der Waals surface area contributed by atoms with Gasteiger partial charge in [0.1, 0.15) is 5.82 Å². The van der Waals surface area contributed by atoms with E-state index in [2.05, 4.69) is 31.1 Å². The summed E-state index contributed by atoms with van der Waals surface area (Å²) in [7, 11) is -2.17. The number of fused-ring (bicyclic) bond motifs is 1. The lowest BCUT2D eigenvalue weighted by Crippen LogP contribution is -2.23. The molecule has 0 unspecified atom stereocenters. The molecule has 0 atom stereocenters. The van der Waals surface area contributed by atoms with Crippen LogP contribution in [0.5, 0.6) is 0 Å². The summed E-state index contributed by atoms with van der Waals surface area (Å²) in [5, 5.41) is 7.86. The number of hydrogen-bond donors (Lipinski definition) is 2. The van der Waals surface area contributed by atoms with Crippen molar-refractivity contribution in [3.63, 3.8) is 0 Å². The minimum Gasteiger partial charge on any atom is -0.348 e. The summed E-state index contributed by atoms with van der Waals surface area (Å²) >= 11 is 3.44. The highest BCUT2D eigenvalue weighted by Crippen LogP contribution is 2.26. The SMILES string of the molecule is CNS(=O)(=O)c1ccc(CNC(=O)c2cc(Br)cc3c2cnn3-c2ccc(F)cc2)cc1. The van der Waals surface area contributed by atoms with Gasteiger partial charge in [-0.15, -0.1) is 0 Å². The Balaban J connectivity index is 1.58. The first kappa shape index (κ1) is 22.1. The van der Waals surface area contributed by atoms with Gasteiger partial charge in [0.2, 0.25) is 10.0 Å². The van der Waals surface area contributed by atoms with Gasteiger partial charge in [-0.1, -0.05) is 28.1 Å². The predicted molar refractivity (Wildman–Crippen MR) is 123 cm³/mol. The minimum absolute atomic E-state index is 0.150. The molecule has 1 aromatic heterocycles. The van der Waals surface area contributed by atoms with Crippen molar-refractivity contribution in [1.82, 2.24) is 19.8 Å². The van der Waals surface area contributed by atoms with E-state index in [0.717, 1.165) is 5.56 Å². The van der Waals surface area contributed by atoms with E-state index in [1.165, 1.54) is 31.3 Å². The normalized spacial score (nSPS) is 11.6. The second kappa shape index (κ2) is 8.81. The third-order valence-electron chi connectivity index (χ3n) is 4.92. The highest BCUT2D eigenvalue weighted by Gasteiger charge is 2.16. The molecule has 32 heavy (non-hydrogen) atoms. The lowest BCUT2D eigenvalue weighted by molar-refractivity contribution is 0.0952. The number of sulfonamides is 1. The topological polar surface area (TPSA) is 93.1 Å². The number of hydrogen-bond acceptors (Lipinski definition) is 4. The average Bonchev–Trinajstić information content (AvgIpc) is 3.21. The van der Waals surface area contributed by atoms with Gasteiger partial charge in [0.05, 0.1) is 27.9 Å². The molecule has 0 saturated carbocycles. The van der Waals surface area contributed by atoms with Crippen LogP contribution in [0.15, 0.2) is 76.2 Å². The molecule has 2 N–H and O–H groups in total. The molecule has 4 rings (SSSR count). The monoisotopic (exact) mass is 516 g/mol. The Labute approximate surface area is 192 Å². The molecule has 0 saturated heterocycles. The van der Waals surface area contributed by atoms with Crippen molar-refractivity contribution in [3.05, 3.63) is 88.3 Å². The van der Waals surface area contributed by atoms with Crippen LogP contribution in [0.3, 0.4) is 0 Å². The Morgan fingerprint density at radius 1 is 1.09 bits per heavy atom. The molecule has 10 heteroatoms. The molecule has 7 nitrogen and oxygen atoms in total. The Bertz CT molecular complexity index is 1400. The van der Waals surface area contributed by atoms with Crippen molar-refractivity contribution in [2.45, 2.75) is 11.4 Å². The standard InChI is InChI=1S/C22H18BrFN4O3S/c1-25-32(30,31)18-8-2-14(3-9-18)12-26-22(29)19-10-15(23)11-21-20(19)13-27-28(21)17-6-4-16(24)5-7-17/h2-11,13,25H,12H2,1H3,(H,26,29). The van der Waals surface area contributed by atoms with Gasteiger partial charge in [0.25, 0.3) is 5.91 Å². The van der Waals surface area contributed by atoms with Gasteiger partial charge >= 0.3 is 0 Å². The summed E-state index contributed by atoms with van der Waals surface area (Å²) in [5.74, 6) is -0.648. The summed E-state index contributed by atoms with van der Waals surface area (Å²) in [4.78, 5) is 13.1. The van der Waals surface area contributed by atoms with Crippen molar-refractivity contribution in [1.29, 1.82) is 0 Å². The van der Waals surface area contributed by atoms with Gasteiger partial charge in [-0.3, -0.25) is 4.79 Å². The number of rotatable bonds is 6. The quantitative estimate of drug-likeness (QED) is 0.408. The molecular weight excluding hydrogens is 499 g/mol. The van der Waals surface area contributed by atoms with E-state index in [0.29, 0.717) is 26.6 Å². The van der Waals surface area contributed by atoms with Crippen LogP contribution in [0.1, 0.15) is 15.9 Å². The number of nitrogens with one attached hydrogen (secondary N) is 2. The number of halogens is 2. The fourth-order valence-electron chi connectivity index (χ4n) is 3.25. The predicted octanol–water partition coefficient (Wildman–Crippen LogP) is 3.77. The first-order chi connectivity index (χ1) is 15.3. The summed E-state index contributed by atoms with van der Waals surface area (Å²) in [6.07, 6.45) is 1.59. The minimum atomic E-state index is -3.51. The molecule has 0 spiro atoms. The van der Waals surface area contributed by atoms with Crippen molar-refractivity contribution >= 4 is 42.8 Å². The van der Waals surface area contributed by atoms with Crippen LogP contribution in [0.2, 0.25) is 0 Å². The van der Waals surface area contributed by atoms with E-state index < -0.39 is 10.0 Å². The largest absolute Gasteiger partial charge is 0.348 e. The maximum absolute atomic E-state index is 13.3. The lowest BCUT2D eigenvalue weighted by atomic mass is 10.1. The van der Waals surface area contributed by atoms with Crippen molar-refractivity contribution in [2.24, 2.45) is 0 Å². The van der Waals surface area contributed by atoms with Gasteiger partial charge in [0, 0.05) is 16.4 Å². The second-order valence-electron chi connectivity index (χ2n) is 6.95. The molecule has 0 aliphatic rings. The number of aromatic nitrogens is 2. The molecule has 0 aliphatic heterocycles. The zero-order chi connectivity index (χ0) is 22.9. The van der Waals surface area contributed by atoms with E-state index >= 15 is 0 Å². The maximum atomic E-state index is 13.3. The fraction of sp³-hybridized carbons (Fsp3) is 0.0909. The zero-order valence-electron chi connectivity index (χ0n) is 16.8. The number of carbonyl (C=O) groups excluding carboxylic acids is 1. The van der Waals surface area contributed by atoms with Crippen LogP contribution in [0.4, 0.5) is 4.39 Å². The number of nitrogens with zero attached hydrogens (tertiary/aromatic N) is 2. The average molecular weight is 517 g/mol. The fourth-order valence-corrected chi connectivity index (χ4v) is 4.43. The van der Waals surface area contributed by atoms with E-state index in [9.17, 15) is 17.6 Å². The van der Waals surface area contributed by atoms with E-state index in [-0.39, 0.29) is 23.2 Å². The Morgan fingerprint density at radius 2 is 1.78 bits per heavy atom. The van der Waals surface area contributed by atoms with Crippen LogP contribution in [0, 0.1) is 5.82 Å². The Morgan fingerprint density at radius 3 is 2.44 bits per heavy atom. The first-order valence-electron chi connectivity index (χ1n) is 9.52. The number of amides is 1. The lowest BCUT2D eigenvalue weighted by Gasteiger charge is -2.09. The molecule has 3 aromatic carbocycles. The van der Waals surface area contributed by atoms with Gasteiger partial charge in [-0.05, 0) is 61.1 Å². The molecule has 0 bridgehead atoms. The van der Waals surface area contributed by atoms with E-state index in [4.69, 9.17) is 0 Å². The van der Waals surface area contributed by atoms with Gasteiger partial charge in [-0.25, -0.2) is 22.2 Å². The van der Waals surface area contributed by atoms with Crippen LogP contribution < -0.4 is 10.0 Å². The highest BCUT2D eigenvalue weighted by molar-refractivity contribution is 9.10. The molecule has 164 valence electrons. The van der Waals surface area contributed by atoms with Crippen LogP contribution in [-0.2, 0) is 16.6 Å². The molecule has 0 aliphatic carbocycles. The number of carbonyl (C=O) groups is 1. The zero-order valence-corrected chi connectivity index (χ0v) is 19.2. The van der Waals surface area contributed by atoms with Crippen molar-refractivity contribution < 1.29 is 17.6 Å². The molecule has 1 heterocycles. The number of benzene rings is 3. The molecule has 1 amide bonds. The summed E-state index contributed by atoms with van der Waals surface area (Å²) in [6, 6.07) is 15.7. The van der Waals surface area contributed by atoms with Crippen LogP contribution in [-0.4, -0.2) is 31.2 Å². The van der Waals surface area contributed by atoms with Gasteiger partial charge in [0.15, 0.2) is 0 Å². The van der Waals surface area contributed by atoms with Gasteiger partial charge < -0.3 is 5.32 Å². The van der Waals surface area contributed by atoms with Crippen molar-refractivity contribution in [3.8, 4) is 5.69 Å². The second-order valence-corrected chi connectivity index (χ2v) is 9.76. The molecule has 0 fully saturated rings. The molecular formula is C22H18BrFN4O3S. The molecule has 0 radical (unpaired) electrons. The van der Waals surface area contributed by atoms with Crippen molar-refractivity contribution in [2.75, 3.05) is 7.05 Å². The van der Waals surface area contributed by atoms with E-state index in [1.54, 1.807) is 41.2 Å². The highest BCUT2D eigenvalue weighted by atomic mass is 79.9.